The van der Waals surface area contributed by atoms with Gasteiger partial charge in [-0.1, -0.05) is 42.5 Å². The molecule has 5 rings (SSSR count). The van der Waals surface area contributed by atoms with Crippen molar-refractivity contribution >= 4 is 23.5 Å². The summed E-state index contributed by atoms with van der Waals surface area (Å²) in [6.07, 6.45) is 2.30. The van der Waals surface area contributed by atoms with Gasteiger partial charge in [-0.2, -0.15) is 0 Å². The summed E-state index contributed by atoms with van der Waals surface area (Å²) in [5, 5.41) is 5.95. The summed E-state index contributed by atoms with van der Waals surface area (Å²) in [6.45, 7) is 5.35. The fraction of sp³-hybridized carbons (Fsp3) is 0.423. The number of carbonyl (C=O) groups is 3. The van der Waals surface area contributed by atoms with Crippen LogP contribution in [0.1, 0.15) is 36.5 Å². The third-order valence-corrected chi connectivity index (χ3v) is 7.06. The van der Waals surface area contributed by atoms with Gasteiger partial charge in [-0.05, 0) is 48.6 Å². The number of likely N-dealkylation sites (tertiary alicyclic amines) is 1. The van der Waals surface area contributed by atoms with Crippen LogP contribution in [0, 0.1) is 0 Å². The Labute approximate surface area is 199 Å². The second-order valence-corrected chi connectivity index (χ2v) is 9.61. The quantitative estimate of drug-likeness (QED) is 0.669. The Morgan fingerprint density at radius 2 is 1.88 bits per heavy atom. The molecule has 4 amide bonds. The predicted octanol–water partition coefficient (Wildman–Crippen LogP) is 2.55. The van der Waals surface area contributed by atoms with Crippen LogP contribution >= 0.6 is 0 Å². The van der Waals surface area contributed by atoms with Crippen LogP contribution in [0.15, 0.2) is 48.5 Å². The second kappa shape index (κ2) is 9.19. The Morgan fingerprint density at radius 1 is 1.06 bits per heavy atom. The molecular weight excluding hydrogens is 430 g/mol. The van der Waals surface area contributed by atoms with E-state index in [1.165, 1.54) is 17.4 Å². The van der Waals surface area contributed by atoms with Crippen LogP contribution in [-0.4, -0.2) is 64.4 Å². The van der Waals surface area contributed by atoms with E-state index in [9.17, 15) is 14.4 Å². The molecule has 0 bridgehead atoms. The van der Waals surface area contributed by atoms with E-state index in [0.29, 0.717) is 26.1 Å². The van der Waals surface area contributed by atoms with E-state index in [2.05, 4.69) is 32.6 Å². The van der Waals surface area contributed by atoms with Crippen LogP contribution in [0.3, 0.4) is 0 Å². The first-order chi connectivity index (χ1) is 16.4. The van der Waals surface area contributed by atoms with E-state index < -0.39 is 5.54 Å². The standard InChI is InChI=1S/C26H31N5O3/c1-19(32)27-23-10-5-9-21-16-30(14-11-22(21)23)18-31-24(33)26(28-25(31)34)12-6-13-29(17-26)15-20-7-3-2-4-8-20/h2-5,7-10H,6,11-18H2,1H3,(H,27,32)(H,28,34). The molecule has 3 aliphatic rings. The number of piperidine rings is 1. The first kappa shape index (κ1) is 22.6. The van der Waals surface area contributed by atoms with Gasteiger partial charge in [0.25, 0.3) is 5.91 Å². The molecule has 8 nitrogen and oxygen atoms in total. The van der Waals surface area contributed by atoms with Crippen molar-refractivity contribution < 1.29 is 14.4 Å². The summed E-state index contributed by atoms with van der Waals surface area (Å²) in [4.78, 5) is 43.7. The van der Waals surface area contributed by atoms with E-state index in [1.54, 1.807) is 0 Å². The number of hydrogen-bond acceptors (Lipinski definition) is 5. The molecule has 1 atom stereocenters. The van der Waals surface area contributed by atoms with Gasteiger partial charge in [0, 0.05) is 38.8 Å². The average Bonchev–Trinajstić information content (AvgIpc) is 3.03. The average molecular weight is 462 g/mol. The number of amides is 4. The van der Waals surface area contributed by atoms with Crippen molar-refractivity contribution in [3.8, 4) is 0 Å². The van der Waals surface area contributed by atoms with Crippen molar-refractivity contribution in [1.82, 2.24) is 20.0 Å². The Bertz CT molecular complexity index is 1100. The topological polar surface area (TPSA) is 85.0 Å². The van der Waals surface area contributed by atoms with Crippen molar-refractivity contribution in [2.75, 3.05) is 31.6 Å². The van der Waals surface area contributed by atoms with Crippen molar-refractivity contribution in [3.05, 3.63) is 65.2 Å². The van der Waals surface area contributed by atoms with E-state index in [1.807, 2.05) is 36.4 Å². The molecule has 2 aromatic rings. The van der Waals surface area contributed by atoms with E-state index in [4.69, 9.17) is 0 Å². The first-order valence-electron chi connectivity index (χ1n) is 11.9. The molecule has 3 aliphatic heterocycles. The summed E-state index contributed by atoms with van der Waals surface area (Å²) in [7, 11) is 0. The molecule has 1 spiro atoms. The molecule has 2 N–H and O–H groups in total. The van der Waals surface area contributed by atoms with Crippen LogP contribution in [0.25, 0.3) is 0 Å². The fourth-order valence-corrected chi connectivity index (χ4v) is 5.50. The predicted molar refractivity (Wildman–Crippen MR) is 129 cm³/mol. The lowest BCUT2D eigenvalue weighted by Crippen LogP contribution is -2.58. The van der Waals surface area contributed by atoms with Crippen molar-refractivity contribution in [1.29, 1.82) is 0 Å². The summed E-state index contributed by atoms with van der Waals surface area (Å²) in [5.74, 6) is -0.206. The molecule has 2 saturated heterocycles. The Balaban J connectivity index is 1.26. The smallest absolute Gasteiger partial charge is 0.326 e. The van der Waals surface area contributed by atoms with Gasteiger partial charge in [0.2, 0.25) is 5.91 Å². The van der Waals surface area contributed by atoms with E-state index >= 15 is 0 Å². The molecule has 0 radical (unpaired) electrons. The zero-order valence-corrected chi connectivity index (χ0v) is 19.5. The lowest BCUT2D eigenvalue weighted by molar-refractivity contribution is -0.135. The number of nitrogens with zero attached hydrogens (tertiary/aromatic N) is 3. The van der Waals surface area contributed by atoms with Crippen LogP contribution in [0.2, 0.25) is 0 Å². The Morgan fingerprint density at radius 3 is 2.68 bits per heavy atom. The van der Waals surface area contributed by atoms with Gasteiger partial charge < -0.3 is 10.6 Å². The molecular formula is C26H31N5O3. The number of nitrogens with one attached hydrogen (secondary N) is 2. The zero-order chi connectivity index (χ0) is 23.7. The van der Waals surface area contributed by atoms with Crippen LogP contribution in [-0.2, 0) is 29.1 Å². The summed E-state index contributed by atoms with van der Waals surface area (Å²) in [5.41, 5.74) is 3.46. The number of carbonyl (C=O) groups excluding carboxylic acids is 3. The van der Waals surface area contributed by atoms with Crippen molar-refractivity contribution in [2.45, 2.75) is 44.8 Å². The van der Waals surface area contributed by atoms with E-state index in [0.717, 1.165) is 42.7 Å². The van der Waals surface area contributed by atoms with Crippen LogP contribution in [0.4, 0.5) is 10.5 Å². The molecule has 178 valence electrons. The third-order valence-electron chi connectivity index (χ3n) is 7.06. The highest BCUT2D eigenvalue weighted by Gasteiger charge is 2.53. The molecule has 34 heavy (non-hydrogen) atoms. The van der Waals surface area contributed by atoms with Gasteiger partial charge in [0.15, 0.2) is 0 Å². The monoisotopic (exact) mass is 461 g/mol. The Kier molecular flexibility index (Phi) is 6.10. The second-order valence-electron chi connectivity index (χ2n) is 9.61. The number of hydrogen-bond donors (Lipinski definition) is 2. The van der Waals surface area contributed by atoms with Crippen molar-refractivity contribution in [3.63, 3.8) is 0 Å². The highest BCUT2D eigenvalue weighted by atomic mass is 16.2. The molecule has 2 fully saturated rings. The van der Waals surface area contributed by atoms with Gasteiger partial charge in [0.1, 0.15) is 5.54 Å². The van der Waals surface area contributed by atoms with Crippen LogP contribution < -0.4 is 10.6 Å². The summed E-state index contributed by atoms with van der Waals surface area (Å²) < 4.78 is 0. The maximum absolute atomic E-state index is 13.5. The maximum Gasteiger partial charge on any atom is 0.326 e. The third kappa shape index (κ3) is 4.43. The number of urea groups is 1. The number of anilines is 1. The normalized spacial score (nSPS) is 23.1. The molecule has 1 unspecified atom stereocenters. The highest BCUT2D eigenvalue weighted by Crippen LogP contribution is 2.31. The minimum atomic E-state index is -0.837. The molecule has 0 saturated carbocycles. The van der Waals surface area contributed by atoms with Gasteiger partial charge in [-0.15, -0.1) is 0 Å². The van der Waals surface area contributed by atoms with Gasteiger partial charge in [-0.25, -0.2) is 9.69 Å². The first-order valence-corrected chi connectivity index (χ1v) is 11.9. The maximum atomic E-state index is 13.5. The van der Waals surface area contributed by atoms with Gasteiger partial charge >= 0.3 is 6.03 Å². The Hall–Kier alpha value is -3.23. The lowest BCUT2D eigenvalue weighted by atomic mass is 9.88. The molecule has 3 heterocycles. The summed E-state index contributed by atoms with van der Waals surface area (Å²) in [6, 6.07) is 15.8. The van der Waals surface area contributed by atoms with E-state index in [-0.39, 0.29) is 24.5 Å². The number of imide groups is 1. The minimum Gasteiger partial charge on any atom is -0.326 e. The highest BCUT2D eigenvalue weighted by molar-refractivity contribution is 6.07. The van der Waals surface area contributed by atoms with Gasteiger partial charge in [-0.3, -0.25) is 19.4 Å². The lowest BCUT2D eigenvalue weighted by Gasteiger charge is -2.38. The number of benzene rings is 2. The molecule has 2 aromatic carbocycles. The molecule has 8 heteroatoms. The zero-order valence-electron chi connectivity index (χ0n) is 19.5. The van der Waals surface area contributed by atoms with Gasteiger partial charge in [0.05, 0.1) is 6.67 Å². The fourth-order valence-electron chi connectivity index (χ4n) is 5.50. The largest absolute Gasteiger partial charge is 0.326 e. The number of rotatable bonds is 5. The molecule has 0 aliphatic carbocycles. The SMILES string of the molecule is CC(=O)Nc1cccc2c1CCN(CN1C(=O)NC3(CCCN(Cc4ccccc4)C3)C1=O)C2. The summed E-state index contributed by atoms with van der Waals surface area (Å²) >= 11 is 0. The van der Waals surface area contributed by atoms with Crippen LogP contribution in [0.5, 0.6) is 0 Å². The number of fused-ring (bicyclic) bond motifs is 1. The van der Waals surface area contributed by atoms with Crippen molar-refractivity contribution in [2.24, 2.45) is 0 Å². The minimum absolute atomic E-state index is 0.0887. The molecule has 0 aromatic heterocycles.